The molecule has 0 radical (unpaired) electrons. The summed E-state index contributed by atoms with van der Waals surface area (Å²) in [6.45, 7) is 3.68. The number of hydrogen-bond acceptors (Lipinski definition) is 1. The summed E-state index contributed by atoms with van der Waals surface area (Å²) < 4.78 is 13.1. The number of benzene rings is 2. The summed E-state index contributed by atoms with van der Waals surface area (Å²) >= 11 is 0. The van der Waals surface area contributed by atoms with Crippen molar-refractivity contribution in [1.29, 1.82) is 5.26 Å². The Hall–Kier alpha value is -2.14. The van der Waals surface area contributed by atoms with Crippen molar-refractivity contribution in [3.05, 3.63) is 53.9 Å². The van der Waals surface area contributed by atoms with Gasteiger partial charge in [-0.2, -0.15) is 5.26 Å². The third kappa shape index (κ3) is 1.49. The van der Waals surface area contributed by atoms with Gasteiger partial charge >= 0.3 is 0 Å². The minimum Gasteiger partial charge on any atom is -0.207 e. The molecular weight excluding hydrogens is 189 g/mol. The van der Waals surface area contributed by atoms with Gasteiger partial charge in [-0.25, -0.2) is 4.39 Å². The summed E-state index contributed by atoms with van der Waals surface area (Å²) in [6.07, 6.45) is 1.70. The van der Waals surface area contributed by atoms with E-state index in [-0.39, 0.29) is 5.82 Å². The van der Waals surface area contributed by atoms with E-state index < -0.39 is 0 Å². The smallest absolute Gasteiger partial charge is 0.123 e. The molecular formula is C13H8FN. The van der Waals surface area contributed by atoms with Crippen molar-refractivity contribution < 1.29 is 4.39 Å². The van der Waals surface area contributed by atoms with Crippen LogP contribution in [0.15, 0.2) is 36.9 Å². The molecule has 0 amide bonds. The molecule has 0 bridgehead atoms. The lowest BCUT2D eigenvalue weighted by molar-refractivity contribution is 0.629. The highest BCUT2D eigenvalue weighted by molar-refractivity contribution is 5.94. The molecule has 0 atom stereocenters. The topological polar surface area (TPSA) is 23.8 Å². The molecule has 0 N–H and O–H groups in total. The van der Waals surface area contributed by atoms with E-state index in [4.69, 9.17) is 5.26 Å². The standard InChI is InChI=1S/C13H8FN/c1-2-9-3-4-10(8-15)13-7-11(14)5-6-12(9)13/h2-7H,1H2. The van der Waals surface area contributed by atoms with Gasteiger partial charge in [-0.1, -0.05) is 24.8 Å². The largest absolute Gasteiger partial charge is 0.207 e. The monoisotopic (exact) mass is 197 g/mol. The van der Waals surface area contributed by atoms with Crippen molar-refractivity contribution >= 4 is 16.8 Å². The summed E-state index contributed by atoms with van der Waals surface area (Å²) in [7, 11) is 0. The molecule has 2 heteroatoms. The van der Waals surface area contributed by atoms with Crippen LogP contribution in [0.2, 0.25) is 0 Å². The summed E-state index contributed by atoms with van der Waals surface area (Å²) in [4.78, 5) is 0. The Morgan fingerprint density at radius 1 is 1.20 bits per heavy atom. The molecule has 0 saturated carbocycles. The molecule has 0 heterocycles. The molecule has 72 valence electrons. The van der Waals surface area contributed by atoms with E-state index in [1.54, 1.807) is 18.2 Å². The highest BCUT2D eigenvalue weighted by Crippen LogP contribution is 2.24. The molecule has 2 rings (SSSR count). The summed E-state index contributed by atoms with van der Waals surface area (Å²) in [5.41, 5.74) is 1.39. The fourth-order valence-electron chi connectivity index (χ4n) is 1.62. The number of nitrogens with zero attached hydrogens (tertiary/aromatic N) is 1. The van der Waals surface area contributed by atoms with Crippen LogP contribution >= 0.6 is 0 Å². The normalized spacial score (nSPS) is 9.87. The highest BCUT2D eigenvalue weighted by Gasteiger charge is 2.04. The van der Waals surface area contributed by atoms with Gasteiger partial charge in [0.25, 0.3) is 0 Å². The zero-order valence-corrected chi connectivity index (χ0v) is 8.00. The van der Waals surface area contributed by atoms with Crippen molar-refractivity contribution in [3.63, 3.8) is 0 Å². The Kier molecular flexibility index (Phi) is 2.23. The van der Waals surface area contributed by atoms with Gasteiger partial charge in [-0.3, -0.25) is 0 Å². The number of hydrogen-bond donors (Lipinski definition) is 0. The Morgan fingerprint density at radius 3 is 2.67 bits per heavy atom. The van der Waals surface area contributed by atoms with E-state index in [9.17, 15) is 4.39 Å². The van der Waals surface area contributed by atoms with Crippen LogP contribution in [0, 0.1) is 17.1 Å². The molecule has 0 spiro atoms. The number of nitriles is 1. The van der Waals surface area contributed by atoms with Gasteiger partial charge in [0.2, 0.25) is 0 Å². The molecule has 2 aromatic rings. The Morgan fingerprint density at radius 2 is 2.00 bits per heavy atom. The lowest BCUT2D eigenvalue weighted by atomic mass is 10.00. The van der Waals surface area contributed by atoms with E-state index in [0.29, 0.717) is 10.9 Å². The summed E-state index contributed by atoms with van der Waals surface area (Å²) in [5.74, 6) is -0.333. The van der Waals surface area contributed by atoms with Crippen LogP contribution in [0.3, 0.4) is 0 Å². The Labute approximate surface area is 87.1 Å². The van der Waals surface area contributed by atoms with Crippen LogP contribution in [0.5, 0.6) is 0 Å². The highest BCUT2D eigenvalue weighted by atomic mass is 19.1. The second kappa shape index (κ2) is 3.55. The molecule has 2 aromatic carbocycles. The fourth-order valence-corrected chi connectivity index (χ4v) is 1.62. The molecule has 1 nitrogen and oxygen atoms in total. The zero-order chi connectivity index (χ0) is 10.8. The molecule has 0 aliphatic rings. The Bertz CT molecular complexity index is 579. The van der Waals surface area contributed by atoms with Crippen molar-refractivity contribution in [3.8, 4) is 6.07 Å². The van der Waals surface area contributed by atoms with Crippen LogP contribution in [0.25, 0.3) is 16.8 Å². The van der Waals surface area contributed by atoms with Gasteiger partial charge in [0.15, 0.2) is 0 Å². The predicted molar refractivity (Wildman–Crippen MR) is 58.7 cm³/mol. The maximum absolute atomic E-state index is 13.1. The second-order valence-corrected chi connectivity index (χ2v) is 3.21. The van der Waals surface area contributed by atoms with E-state index in [1.165, 1.54) is 12.1 Å². The first-order chi connectivity index (χ1) is 7.26. The maximum atomic E-state index is 13.1. The van der Waals surface area contributed by atoms with Crippen LogP contribution in [-0.2, 0) is 0 Å². The van der Waals surface area contributed by atoms with Crippen molar-refractivity contribution in [2.45, 2.75) is 0 Å². The average molecular weight is 197 g/mol. The number of halogens is 1. The van der Waals surface area contributed by atoms with Crippen LogP contribution in [0.4, 0.5) is 4.39 Å². The molecule has 0 aliphatic carbocycles. The quantitative estimate of drug-likeness (QED) is 0.686. The van der Waals surface area contributed by atoms with Crippen LogP contribution < -0.4 is 0 Å². The summed E-state index contributed by atoms with van der Waals surface area (Å²) in [5, 5.41) is 10.4. The van der Waals surface area contributed by atoms with E-state index in [1.807, 2.05) is 12.1 Å². The van der Waals surface area contributed by atoms with Gasteiger partial charge < -0.3 is 0 Å². The van der Waals surface area contributed by atoms with Gasteiger partial charge in [0.1, 0.15) is 5.82 Å². The zero-order valence-electron chi connectivity index (χ0n) is 8.00. The summed E-state index contributed by atoms with van der Waals surface area (Å²) in [6, 6.07) is 9.97. The van der Waals surface area contributed by atoms with Gasteiger partial charge in [-0.15, -0.1) is 0 Å². The molecule has 0 fully saturated rings. The van der Waals surface area contributed by atoms with E-state index >= 15 is 0 Å². The molecule has 0 unspecified atom stereocenters. The molecule has 0 aliphatic heterocycles. The third-order valence-corrected chi connectivity index (χ3v) is 2.35. The first kappa shape index (κ1) is 9.42. The van der Waals surface area contributed by atoms with Gasteiger partial charge in [-0.05, 0) is 29.1 Å². The lowest BCUT2D eigenvalue weighted by Gasteiger charge is -2.04. The number of rotatable bonds is 1. The second-order valence-electron chi connectivity index (χ2n) is 3.21. The van der Waals surface area contributed by atoms with E-state index in [2.05, 4.69) is 6.58 Å². The minimum atomic E-state index is -0.333. The van der Waals surface area contributed by atoms with Gasteiger partial charge in [0, 0.05) is 5.39 Å². The SMILES string of the molecule is C=Cc1ccc(C#N)c2cc(F)ccc12. The van der Waals surface area contributed by atoms with Crippen molar-refractivity contribution in [2.75, 3.05) is 0 Å². The predicted octanol–water partition coefficient (Wildman–Crippen LogP) is 3.49. The average Bonchev–Trinajstić information content (AvgIpc) is 2.27. The van der Waals surface area contributed by atoms with Crippen LogP contribution in [-0.4, -0.2) is 0 Å². The Balaban J connectivity index is 2.94. The van der Waals surface area contributed by atoms with Crippen molar-refractivity contribution in [1.82, 2.24) is 0 Å². The van der Waals surface area contributed by atoms with E-state index in [0.717, 1.165) is 10.9 Å². The minimum absolute atomic E-state index is 0.333. The molecule has 0 saturated heterocycles. The van der Waals surface area contributed by atoms with Gasteiger partial charge in [0.05, 0.1) is 11.6 Å². The maximum Gasteiger partial charge on any atom is 0.123 e. The van der Waals surface area contributed by atoms with Crippen molar-refractivity contribution in [2.24, 2.45) is 0 Å². The van der Waals surface area contributed by atoms with Crippen LogP contribution in [0.1, 0.15) is 11.1 Å². The molecule has 15 heavy (non-hydrogen) atoms. The first-order valence-corrected chi connectivity index (χ1v) is 4.51. The fraction of sp³-hybridized carbons (Fsp3) is 0. The lowest BCUT2D eigenvalue weighted by Crippen LogP contribution is -1.85. The number of fused-ring (bicyclic) bond motifs is 1. The third-order valence-electron chi connectivity index (χ3n) is 2.35. The first-order valence-electron chi connectivity index (χ1n) is 4.51. The molecule has 0 aromatic heterocycles.